The van der Waals surface area contributed by atoms with Gasteiger partial charge < -0.3 is 4.90 Å². The zero-order valence-electron chi connectivity index (χ0n) is 16.2. The van der Waals surface area contributed by atoms with Crippen molar-refractivity contribution in [2.24, 2.45) is 0 Å². The maximum Gasteiger partial charge on any atom is 0.408 e. The molecule has 0 unspecified atom stereocenters. The largest absolute Gasteiger partial charge is 0.408 e. The number of anilines is 1. The summed E-state index contributed by atoms with van der Waals surface area (Å²) in [6, 6.07) is 6.52. The third-order valence-corrected chi connectivity index (χ3v) is 6.64. The first-order chi connectivity index (χ1) is 13.0. The van der Waals surface area contributed by atoms with Crippen LogP contribution in [0.1, 0.15) is 39.5 Å². The first-order valence-electron chi connectivity index (χ1n) is 9.64. The fourth-order valence-corrected chi connectivity index (χ4v) is 4.62. The van der Waals surface area contributed by atoms with Crippen molar-refractivity contribution in [3.05, 3.63) is 34.4 Å². The second kappa shape index (κ2) is 10.8. The highest BCUT2D eigenvalue weighted by atomic mass is 31.2. The maximum absolute atomic E-state index is 13.3. The van der Waals surface area contributed by atoms with Crippen molar-refractivity contribution in [1.29, 1.82) is 0 Å². The number of nitro benzene ring substituents is 1. The van der Waals surface area contributed by atoms with Crippen molar-refractivity contribution in [3.63, 3.8) is 0 Å². The van der Waals surface area contributed by atoms with E-state index in [1.165, 1.54) is 12.1 Å². The van der Waals surface area contributed by atoms with Crippen LogP contribution in [0.3, 0.4) is 0 Å². The monoisotopic (exact) mass is 399 g/mol. The molecule has 1 saturated heterocycles. The molecule has 152 valence electrons. The fraction of sp³-hybridized carbons (Fsp3) is 0.667. The molecular formula is C18H30N3O5P. The van der Waals surface area contributed by atoms with E-state index in [-0.39, 0.29) is 5.69 Å². The number of nitro groups is 1. The number of piperazine rings is 1. The lowest BCUT2D eigenvalue weighted by atomic mass is 10.2. The van der Waals surface area contributed by atoms with Gasteiger partial charge in [0.25, 0.3) is 5.69 Å². The molecule has 0 aliphatic carbocycles. The lowest BCUT2D eigenvalue weighted by Gasteiger charge is -2.38. The van der Waals surface area contributed by atoms with Crippen LogP contribution in [-0.4, -0.2) is 49.0 Å². The van der Waals surface area contributed by atoms with Gasteiger partial charge in [-0.1, -0.05) is 26.7 Å². The van der Waals surface area contributed by atoms with Crippen LogP contribution >= 0.6 is 7.75 Å². The van der Waals surface area contributed by atoms with Crippen molar-refractivity contribution in [3.8, 4) is 0 Å². The van der Waals surface area contributed by atoms with Crippen LogP contribution in [0.2, 0.25) is 0 Å². The van der Waals surface area contributed by atoms with E-state index >= 15 is 0 Å². The minimum absolute atomic E-state index is 0.0792. The van der Waals surface area contributed by atoms with Crippen molar-refractivity contribution in [2.45, 2.75) is 39.5 Å². The molecule has 1 aromatic rings. The average Bonchev–Trinajstić information content (AvgIpc) is 2.68. The Morgan fingerprint density at radius 2 is 1.52 bits per heavy atom. The summed E-state index contributed by atoms with van der Waals surface area (Å²) in [4.78, 5) is 12.5. The maximum atomic E-state index is 13.3. The van der Waals surface area contributed by atoms with Crippen molar-refractivity contribution >= 4 is 19.1 Å². The van der Waals surface area contributed by atoms with Crippen molar-refractivity contribution in [1.82, 2.24) is 4.67 Å². The van der Waals surface area contributed by atoms with E-state index in [2.05, 4.69) is 18.7 Å². The van der Waals surface area contributed by atoms with Gasteiger partial charge in [0.15, 0.2) is 0 Å². The summed E-state index contributed by atoms with van der Waals surface area (Å²) in [6.07, 6.45) is 3.65. The zero-order valence-corrected chi connectivity index (χ0v) is 17.1. The number of rotatable bonds is 11. The Hall–Kier alpha value is -1.47. The quantitative estimate of drug-likeness (QED) is 0.235. The number of non-ortho nitro benzene ring substituents is 1. The molecule has 0 amide bonds. The molecule has 9 heteroatoms. The van der Waals surface area contributed by atoms with E-state index in [0.717, 1.165) is 31.4 Å². The summed E-state index contributed by atoms with van der Waals surface area (Å²) in [6.45, 7) is 7.44. The number of benzene rings is 1. The molecule has 0 aromatic heterocycles. The van der Waals surface area contributed by atoms with Crippen molar-refractivity contribution in [2.75, 3.05) is 44.3 Å². The Morgan fingerprint density at radius 1 is 1.00 bits per heavy atom. The number of hydrogen-bond donors (Lipinski definition) is 0. The van der Waals surface area contributed by atoms with Gasteiger partial charge in [-0.25, -0.2) is 9.24 Å². The van der Waals surface area contributed by atoms with E-state index in [1.54, 1.807) is 12.1 Å². The average molecular weight is 399 g/mol. The predicted octanol–water partition coefficient (Wildman–Crippen LogP) is 4.46. The van der Waals surface area contributed by atoms with Crippen LogP contribution in [0.25, 0.3) is 0 Å². The van der Waals surface area contributed by atoms with Crippen LogP contribution in [-0.2, 0) is 13.6 Å². The highest BCUT2D eigenvalue weighted by Gasteiger charge is 2.36. The molecular weight excluding hydrogens is 369 g/mol. The van der Waals surface area contributed by atoms with Gasteiger partial charge in [-0.15, -0.1) is 0 Å². The summed E-state index contributed by atoms with van der Waals surface area (Å²) >= 11 is 0. The Kier molecular flexibility index (Phi) is 8.70. The van der Waals surface area contributed by atoms with Gasteiger partial charge in [0, 0.05) is 44.0 Å². The number of unbranched alkanes of at least 4 members (excludes halogenated alkanes) is 2. The standard InChI is InChI=1S/C18H30N3O5P/c1-3-5-15-25-27(24,26-16-6-4-2)20-13-11-19(12-14-20)17-7-9-18(10-8-17)21(22)23/h7-10H,3-6,11-16H2,1-2H3. The summed E-state index contributed by atoms with van der Waals surface area (Å²) in [5.74, 6) is 0. The van der Waals surface area contributed by atoms with Gasteiger partial charge >= 0.3 is 7.75 Å². The molecule has 0 radical (unpaired) electrons. The molecule has 1 aromatic carbocycles. The molecule has 0 N–H and O–H groups in total. The van der Waals surface area contributed by atoms with Gasteiger partial charge in [0.1, 0.15) is 0 Å². The van der Waals surface area contributed by atoms with Gasteiger partial charge in [-0.3, -0.25) is 19.2 Å². The molecule has 27 heavy (non-hydrogen) atoms. The summed E-state index contributed by atoms with van der Waals surface area (Å²) in [5, 5.41) is 10.8. The van der Waals surface area contributed by atoms with Crippen LogP contribution in [0.5, 0.6) is 0 Å². The second-order valence-corrected chi connectivity index (χ2v) is 8.58. The Labute approximate surface area is 161 Å². The molecule has 1 fully saturated rings. The number of hydrogen-bond acceptors (Lipinski definition) is 6. The molecule has 0 saturated carbocycles. The fourth-order valence-electron chi connectivity index (χ4n) is 2.83. The SMILES string of the molecule is CCCCOP(=O)(OCCCC)N1CCN(c2ccc([N+](=O)[O-])cc2)CC1. The highest BCUT2D eigenvalue weighted by molar-refractivity contribution is 7.51. The molecule has 2 rings (SSSR count). The summed E-state index contributed by atoms with van der Waals surface area (Å²) < 4.78 is 26.5. The van der Waals surface area contributed by atoms with Crippen LogP contribution in [0.4, 0.5) is 11.4 Å². The summed E-state index contributed by atoms with van der Waals surface area (Å²) in [7, 11) is -3.28. The third-order valence-electron chi connectivity index (χ3n) is 4.53. The molecule has 1 heterocycles. The van der Waals surface area contributed by atoms with E-state index in [4.69, 9.17) is 9.05 Å². The van der Waals surface area contributed by atoms with Gasteiger partial charge in [-0.2, -0.15) is 0 Å². The smallest absolute Gasteiger partial charge is 0.369 e. The minimum Gasteiger partial charge on any atom is -0.369 e. The summed E-state index contributed by atoms with van der Waals surface area (Å²) in [5.41, 5.74) is 1.00. The molecule has 1 aliphatic rings. The topological polar surface area (TPSA) is 85.2 Å². The van der Waals surface area contributed by atoms with E-state index in [9.17, 15) is 14.7 Å². The second-order valence-electron chi connectivity index (χ2n) is 6.56. The van der Waals surface area contributed by atoms with Gasteiger partial charge in [-0.05, 0) is 25.0 Å². The predicted molar refractivity (Wildman–Crippen MR) is 106 cm³/mol. The van der Waals surface area contributed by atoms with Crippen LogP contribution in [0, 0.1) is 10.1 Å². The van der Waals surface area contributed by atoms with Crippen LogP contribution in [0.15, 0.2) is 24.3 Å². The Morgan fingerprint density at radius 3 is 1.96 bits per heavy atom. The van der Waals surface area contributed by atoms with Gasteiger partial charge in [0.05, 0.1) is 18.1 Å². The lowest BCUT2D eigenvalue weighted by Crippen LogP contribution is -2.45. The van der Waals surface area contributed by atoms with E-state index in [1.807, 2.05) is 4.67 Å². The van der Waals surface area contributed by atoms with E-state index in [0.29, 0.717) is 39.4 Å². The van der Waals surface area contributed by atoms with E-state index < -0.39 is 12.7 Å². The minimum atomic E-state index is -3.28. The van der Waals surface area contributed by atoms with Crippen LogP contribution < -0.4 is 4.90 Å². The first-order valence-corrected chi connectivity index (χ1v) is 11.1. The zero-order chi connectivity index (χ0) is 19.7. The number of nitrogens with zero attached hydrogens (tertiary/aromatic N) is 3. The lowest BCUT2D eigenvalue weighted by molar-refractivity contribution is -0.384. The Bertz CT molecular complexity index is 618. The first kappa shape index (κ1) is 21.8. The Balaban J connectivity index is 1.96. The normalized spacial score (nSPS) is 15.9. The van der Waals surface area contributed by atoms with Crippen molar-refractivity contribution < 1.29 is 18.5 Å². The third kappa shape index (κ3) is 6.28. The molecule has 0 bridgehead atoms. The van der Waals surface area contributed by atoms with Gasteiger partial charge in [0.2, 0.25) is 0 Å². The molecule has 0 spiro atoms. The molecule has 0 atom stereocenters. The molecule has 8 nitrogen and oxygen atoms in total. The highest BCUT2D eigenvalue weighted by Crippen LogP contribution is 2.52. The molecule has 1 aliphatic heterocycles.